The van der Waals surface area contributed by atoms with Crippen molar-refractivity contribution >= 4 is 18.5 Å². The van der Waals surface area contributed by atoms with Crippen molar-refractivity contribution in [2.45, 2.75) is 18.6 Å². The minimum absolute atomic E-state index is 0.0271. The van der Waals surface area contributed by atoms with Crippen molar-refractivity contribution in [1.82, 2.24) is 9.47 Å². The Balaban J connectivity index is 2.04. The van der Waals surface area contributed by atoms with Gasteiger partial charge in [0, 0.05) is 28.2 Å². The summed E-state index contributed by atoms with van der Waals surface area (Å²) in [4.78, 5) is 19.9. The molecule has 1 atom stereocenters. The fourth-order valence-corrected chi connectivity index (χ4v) is 3.64. The van der Waals surface area contributed by atoms with E-state index >= 15 is 0 Å². The quantitative estimate of drug-likeness (QED) is 0.754. The number of likely N-dealkylation sites (tertiary alicyclic amines) is 1. The van der Waals surface area contributed by atoms with Gasteiger partial charge in [0.1, 0.15) is 12.0 Å². The number of aromatic hydroxyl groups is 1. The number of phenols is 1. The Morgan fingerprint density at radius 1 is 1.48 bits per heavy atom. The van der Waals surface area contributed by atoms with E-state index in [9.17, 15) is 19.5 Å². The number of hydrogen-bond donors (Lipinski definition) is 3. The summed E-state index contributed by atoms with van der Waals surface area (Å²) in [5, 5.41) is 10.7. The number of hydrogen-bond acceptors (Lipinski definition) is 3. The number of nitrogens with zero attached hydrogens (tertiary/aromatic N) is 2. The lowest BCUT2D eigenvalue weighted by Crippen LogP contribution is -2.13. The summed E-state index contributed by atoms with van der Waals surface area (Å²) in [6.45, 7) is -1.43. The standard InChI is InChI=1S/C14H19N2O4P/c1-15-6-5-10(7-15)11-8-16(9-21(18,19)20)12-3-2-4-13(17)14(11)12/h2-4,8,10,17H,5-7,9H2,1H3,(H2,18,19,20)/i1D3. The Morgan fingerprint density at radius 3 is 2.95 bits per heavy atom. The van der Waals surface area contributed by atoms with E-state index in [-0.39, 0.29) is 11.7 Å². The minimum atomic E-state index is -4.28. The summed E-state index contributed by atoms with van der Waals surface area (Å²) in [5.74, 6) is -0.0847. The fraction of sp³-hybridized carbons (Fsp3) is 0.429. The van der Waals surface area contributed by atoms with Crippen molar-refractivity contribution in [1.29, 1.82) is 0 Å². The SMILES string of the molecule is [2H]C([2H])([2H])N1CCC(c2cn(CP(=O)(O)O)c3cccc(O)c23)C1. The van der Waals surface area contributed by atoms with E-state index in [1.54, 1.807) is 18.3 Å². The van der Waals surface area contributed by atoms with Gasteiger partial charge in [-0.1, -0.05) is 6.07 Å². The number of aromatic nitrogens is 1. The van der Waals surface area contributed by atoms with Crippen LogP contribution in [0.4, 0.5) is 0 Å². The zero-order chi connectivity index (χ0) is 17.7. The normalized spacial score (nSPS) is 23.1. The van der Waals surface area contributed by atoms with Gasteiger partial charge in [-0.2, -0.15) is 0 Å². The molecule has 2 aromatic rings. The average molecular weight is 313 g/mol. The number of likely N-dealkylation sites (N-methyl/N-ethyl adjacent to an activating group) is 1. The lowest BCUT2D eigenvalue weighted by Gasteiger charge is -2.10. The average Bonchev–Trinajstić information content (AvgIpc) is 3.02. The molecule has 21 heavy (non-hydrogen) atoms. The van der Waals surface area contributed by atoms with Gasteiger partial charge in [0.15, 0.2) is 0 Å². The highest BCUT2D eigenvalue weighted by atomic mass is 31.2. The molecule has 1 aliphatic heterocycles. The van der Waals surface area contributed by atoms with E-state index in [0.29, 0.717) is 30.4 Å². The molecular formula is C14H19N2O4P. The Kier molecular flexibility index (Phi) is 2.76. The Labute approximate surface area is 127 Å². The predicted octanol–water partition coefficient (Wildman–Crippen LogP) is 1.90. The third-order valence-corrected chi connectivity index (χ3v) is 4.55. The van der Waals surface area contributed by atoms with Crippen LogP contribution in [0.5, 0.6) is 5.75 Å². The van der Waals surface area contributed by atoms with Gasteiger partial charge < -0.3 is 24.4 Å². The van der Waals surface area contributed by atoms with Crippen molar-refractivity contribution in [2.24, 2.45) is 0 Å². The molecule has 1 unspecified atom stereocenters. The highest BCUT2D eigenvalue weighted by Crippen LogP contribution is 2.42. The van der Waals surface area contributed by atoms with E-state index in [1.807, 2.05) is 0 Å². The van der Waals surface area contributed by atoms with E-state index in [0.717, 1.165) is 5.56 Å². The van der Waals surface area contributed by atoms with Gasteiger partial charge in [-0.25, -0.2) is 0 Å². The van der Waals surface area contributed by atoms with Gasteiger partial charge in [0.2, 0.25) is 0 Å². The molecule has 3 rings (SSSR count). The second-order valence-corrected chi connectivity index (χ2v) is 7.08. The second kappa shape index (κ2) is 5.14. The molecule has 1 fully saturated rings. The molecule has 0 saturated carbocycles. The molecule has 1 aromatic carbocycles. The van der Waals surface area contributed by atoms with E-state index in [2.05, 4.69) is 0 Å². The van der Waals surface area contributed by atoms with Crippen molar-refractivity contribution < 1.29 is 23.6 Å². The Morgan fingerprint density at radius 2 is 2.29 bits per heavy atom. The largest absolute Gasteiger partial charge is 0.507 e. The second-order valence-electron chi connectivity index (χ2n) is 5.46. The van der Waals surface area contributed by atoms with E-state index < -0.39 is 20.9 Å². The molecule has 0 amide bonds. The maximum absolute atomic E-state index is 11.4. The monoisotopic (exact) mass is 313 g/mol. The summed E-state index contributed by atoms with van der Waals surface area (Å²) in [6, 6.07) is 4.82. The zero-order valence-corrected chi connectivity index (χ0v) is 12.2. The van der Waals surface area contributed by atoms with Crippen molar-refractivity contribution in [3.8, 4) is 5.75 Å². The number of benzene rings is 1. The molecule has 6 nitrogen and oxygen atoms in total. The molecule has 114 valence electrons. The first kappa shape index (κ1) is 11.3. The third-order valence-electron chi connectivity index (χ3n) is 3.88. The molecule has 0 bridgehead atoms. The molecule has 0 aliphatic carbocycles. The Hall–Kier alpha value is -1.33. The number of fused-ring (bicyclic) bond motifs is 1. The molecule has 1 aliphatic rings. The molecule has 1 saturated heterocycles. The molecule has 0 spiro atoms. The number of rotatable bonds is 3. The van der Waals surface area contributed by atoms with Gasteiger partial charge in [-0.3, -0.25) is 4.57 Å². The molecule has 0 radical (unpaired) electrons. The summed E-state index contributed by atoms with van der Waals surface area (Å²) in [5.41, 5.74) is 1.25. The van der Waals surface area contributed by atoms with Crippen molar-refractivity contribution in [3.63, 3.8) is 0 Å². The summed E-state index contributed by atoms with van der Waals surface area (Å²) in [7, 11) is -4.28. The topological polar surface area (TPSA) is 85.9 Å². The zero-order valence-electron chi connectivity index (χ0n) is 14.3. The molecule has 3 N–H and O–H groups in total. The Bertz CT molecular complexity index is 814. The van der Waals surface area contributed by atoms with E-state index in [1.165, 1.54) is 15.5 Å². The van der Waals surface area contributed by atoms with Crippen LogP contribution < -0.4 is 0 Å². The molecule has 1 aromatic heterocycles. The first-order chi connectivity index (χ1) is 11.1. The van der Waals surface area contributed by atoms with Gasteiger partial charge in [0.05, 0.1) is 5.52 Å². The minimum Gasteiger partial charge on any atom is -0.507 e. The van der Waals surface area contributed by atoms with Gasteiger partial charge in [-0.05, 0) is 37.6 Å². The lowest BCUT2D eigenvalue weighted by atomic mass is 9.97. The highest BCUT2D eigenvalue weighted by molar-refractivity contribution is 7.50. The highest BCUT2D eigenvalue weighted by Gasteiger charge is 2.27. The summed E-state index contributed by atoms with van der Waals surface area (Å²) < 4.78 is 35.3. The van der Waals surface area contributed by atoms with Crippen LogP contribution in [-0.2, 0) is 10.9 Å². The first-order valence-corrected chi connectivity index (χ1v) is 8.46. The third kappa shape index (κ3) is 2.85. The van der Waals surface area contributed by atoms with Crippen LogP contribution in [-0.4, -0.2) is 44.4 Å². The predicted molar refractivity (Wildman–Crippen MR) is 80.5 cm³/mol. The van der Waals surface area contributed by atoms with Crippen molar-refractivity contribution in [2.75, 3.05) is 20.1 Å². The summed E-state index contributed by atoms with van der Waals surface area (Å²) >= 11 is 0. The van der Waals surface area contributed by atoms with Gasteiger partial charge >= 0.3 is 7.60 Å². The maximum Gasteiger partial charge on any atom is 0.345 e. The first-order valence-electron chi connectivity index (χ1n) is 8.16. The fourth-order valence-electron chi connectivity index (χ4n) is 3.00. The van der Waals surface area contributed by atoms with E-state index in [4.69, 9.17) is 4.11 Å². The van der Waals surface area contributed by atoms with Gasteiger partial charge in [-0.15, -0.1) is 0 Å². The summed E-state index contributed by atoms with van der Waals surface area (Å²) in [6.07, 6.45) is 1.75. The van der Waals surface area contributed by atoms with Crippen LogP contribution in [0.1, 0.15) is 22.0 Å². The van der Waals surface area contributed by atoms with Crippen molar-refractivity contribution in [3.05, 3.63) is 30.0 Å². The number of phenolic OH excluding ortho intramolecular Hbond substituents is 1. The molecular weight excluding hydrogens is 291 g/mol. The van der Waals surface area contributed by atoms with Crippen LogP contribution in [0.25, 0.3) is 10.9 Å². The maximum atomic E-state index is 11.4. The van der Waals surface area contributed by atoms with Crippen LogP contribution in [0.3, 0.4) is 0 Å². The van der Waals surface area contributed by atoms with Crippen LogP contribution in [0.2, 0.25) is 0 Å². The lowest BCUT2D eigenvalue weighted by molar-refractivity contribution is 0.363. The molecule has 2 heterocycles. The van der Waals surface area contributed by atoms with Crippen LogP contribution in [0.15, 0.2) is 24.4 Å². The molecule has 7 heteroatoms. The van der Waals surface area contributed by atoms with Gasteiger partial charge in [0.25, 0.3) is 0 Å². The van der Waals surface area contributed by atoms with Crippen LogP contribution in [0, 0.1) is 0 Å². The van der Waals surface area contributed by atoms with Crippen LogP contribution >= 0.6 is 7.60 Å². The smallest absolute Gasteiger partial charge is 0.345 e.